The molecule has 2 rings (SSSR count). The summed E-state index contributed by atoms with van der Waals surface area (Å²) in [5.74, 6) is -1.02. The highest BCUT2D eigenvalue weighted by molar-refractivity contribution is 9.10. The second-order valence-corrected chi connectivity index (χ2v) is 4.75. The summed E-state index contributed by atoms with van der Waals surface area (Å²) in [5.41, 5.74) is 1.87. The molecule has 86 valence electrons. The molecule has 0 amide bonds. The van der Waals surface area contributed by atoms with Crippen LogP contribution in [0.4, 0.5) is 0 Å². The van der Waals surface area contributed by atoms with E-state index in [2.05, 4.69) is 20.9 Å². The van der Waals surface area contributed by atoms with Gasteiger partial charge in [-0.1, -0.05) is 40.3 Å². The van der Waals surface area contributed by atoms with E-state index in [1.54, 1.807) is 6.07 Å². The van der Waals surface area contributed by atoms with Crippen molar-refractivity contribution in [3.8, 4) is 11.3 Å². The topological polar surface area (TPSA) is 53.1 Å². The fourth-order valence-corrected chi connectivity index (χ4v) is 1.97. The third-order valence-corrected chi connectivity index (χ3v) is 3.15. The third-order valence-electron chi connectivity index (χ3n) is 2.30. The number of carboxylic acids is 1. The van der Waals surface area contributed by atoms with Crippen molar-refractivity contribution in [1.29, 1.82) is 0 Å². The quantitative estimate of drug-likeness (QED) is 0.828. The van der Waals surface area contributed by atoms with Crippen molar-refractivity contribution in [2.75, 3.05) is 0 Å². The summed E-state index contributed by atoms with van der Waals surface area (Å²) in [6, 6.07) is 10.9. The van der Waals surface area contributed by atoms with Crippen molar-refractivity contribution in [1.82, 2.24) is 4.98 Å². The van der Waals surface area contributed by atoms with Gasteiger partial charge in [-0.25, -0.2) is 4.79 Å². The number of carboxylic acid groups (broad SMARTS) is 1. The average Bonchev–Trinajstić information content (AvgIpc) is 2.29. The molecule has 1 heterocycles. The minimum absolute atomic E-state index is 0.112. The van der Waals surface area contributed by atoms with Crippen LogP contribution >= 0.6 is 28.1 Å². The number of H-pyrrole nitrogens is 1. The Morgan fingerprint density at radius 1 is 1.18 bits per heavy atom. The summed E-state index contributed by atoms with van der Waals surface area (Å²) in [7, 11) is 0. The van der Waals surface area contributed by atoms with E-state index >= 15 is 0 Å². The number of nitrogens with one attached hydrogen (secondary N) is 1. The van der Waals surface area contributed by atoms with Crippen LogP contribution in [-0.4, -0.2) is 16.1 Å². The van der Waals surface area contributed by atoms with Gasteiger partial charge in [-0.05, 0) is 29.8 Å². The number of hydrogen-bond acceptors (Lipinski definition) is 2. The molecule has 3 nitrogen and oxygen atoms in total. The second-order valence-electron chi connectivity index (χ2n) is 3.43. The van der Waals surface area contributed by atoms with E-state index in [9.17, 15) is 4.79 Å². The number of halogens is 1. The van der Waals surface area contributed by atoms with Crippen molar-refractivity contribution in [3.63, 3.8) is 0 Å². The Morgan fingerprint density at radius 2 is 1.82 bits per heavy atom. The molecule has 1 aromatic heterocycles. The van der Waals surface area contributed by atoms with Gasteiger partial charge >= 0.3 is 5.97 Å². The van der Waals surface area contributed by atoms with Crippen LogP contribution in [0.3, 0.4) is 0 Å². The molecular weight excluding hydrogens is 302 g/mol. The van der Waals surface area contributed by atoms with E-state index in [-0.39, 0.29) is 10.2 Å². The highest BCUT2D eigenvalue weighted by atomic mass is 79.9. The van der Waals surface area contributed by atoms with Gasteiger partial charge in [-0.3, -0.25) is 0 Å². The van der Waals surface area contributed by atoms with Gasteiger partial charge < -0.3 is 10.1 Å². The number of pyridine rings is 1. The highest BCUT2D eigenvalue weighted by Gasteiger charge is 2.06. The first-order valence-electron chi connectivity index (χ1n) is 4.80. The van der Waals surface area contributed by atoms with Crippen molar-refractivity contribution < 1.29 is 9.90 Å². The van der Waals surface area contributed by atoms with E-state index in [4.69, 9.17) is 17.3 Å². The zero-order valence-corrected chi connectivity index (χ0v) is 11.0. The normalized spacial score (nSPS) is 10.2. The Morgan fingerprint density at radius 3 is 2.35 bits per heavy atom. The predicted molar refractivity (Wildman–Crippen MR) is 71.7 cm³/mol. The molecule has 0 saturated heterocycles. The van der Waals surface area contributed by atoms with Crippen LogP contribution in [0.25, 0.3) is 11.3 Å². The molecule has 0 aliphatic carbocycles. The third kappa shape index (κ3) is 2.62. The number of carbonyl (C=O) groups is 1. The van der Waals surface area contributed by atoms with Gasteiger partial charge in [-0.2, -0.15) is 0 Å². The summed E-state index contributed by atoms with van der Waals surface area (Å²) >= 11 is 8.35. The Bertz CT molecular complexity index is 619. The maximum absolute atomic E-state index is 10.8. The van der Waals surface area contributed by atoms with Crippen LogP contribution in [0, 0.1) is 4.64 Å². The minimum Gasteiger partial charge on any atom is -0.478 e. The van der Waals surface area contributed by atoms with Gasteiger partial charge in [0, 0.05) is 10.2 Å². The van der Waals surface area contributed by atoms with Gasteiger partial charge in [0.15, 0.2) is 0 Å². The molecule has 0 unspecified atom stereocenters. The van der Waals surface area contributed by atoms with E-state index in [0.717, 1.165) is 15.7 Å². The molecule has 2 aromatic rings. The molecule has 0 aliphatic heterocycles. The van der Waals surface area contributed by atoms with Crippen LogP contribution in [0.1, 0.15) is 10.4 Å². The number of aromatic nitrogens is 1. The maximum Gasteiger partial charge on any atom is 0.338 e. The second kappa shape index (κ2) is 4.81. The fraction of sp³-hybridized carbons (Fsp3) is 0. The van der Waals surface area contributed by atoms with Crippen LogP contribution < -0.4 is 0 Å². The van der Waals surface area contributed by atoms with Gasteiger partial charge in [0.1, 0.15) is 4.64 Å². The first kappa shape index (κ1) is 12.0. The first-order chi connectivity index (χ1) is 8.08. The molecule has 0 bridgehead atoms. The standard InChI is InChI=1S/C12H8BrNO2S/c13-8-3-1-7(2-4-8)10-6-5-9(12(15)16)11(17)14-10/h1-6H,(H,14,17)(H,15,16). The van der Waals surface area contributed by atoms with Gasteiger partial charge in [-0.15, -0.1) is 0 Å². The zero-order chi connectivity index (χ0) is 12.4. The summed E-state index contributed by atoms with van der Waals surface area (Å²) in [5, 5.41) is 8.87. The van der Waals surface area contributed by atoms with Crippen molar-refractivity contribution in [3.05, 3.63) is 51.1 Å². The van der Waals surface area contributed by atoms with Crippen molar-refractivity contribution >= 4 is 34.1 Å². The lowest BCUT2D eigenvalue weighted by Crippen LogP contribution is -1.99. The van der Waals surface area contributed by atoms with Gasteiger partial charge in [0.05, 0.1) is 5.56 Å². The molecular formula is C12H8BrNO2S. The number of hydrogen-bond donors (Lipinski definition) is 2. The Labute approximate surface area is 111 Å². The monoisotopic (exact) mass is 309 g/mol. The zero-order valence-electron chi connectivity index (χ0n) is 8.61. The Hall–Kier alpha value is -1.46. The van der Waals surface area contributed by atoms with Crippen LogP contribution in [0.15, 0.2) is 40.9 Å². The van der Waals surface area contributed by atoms with Gasteiger partial charge in [0.25, 0.3) is 0 Å². The van der Waals surface area contributed by atoms with E-state index in [1.165, 1.54) is 6.07 Å². The summed E-state index contributed by atoms with van der Waals surface area (Å²) in [6.07, 6.45) is 0. The lowest BCUT2D eigenvalue weighted by Gasteiger charge is -2.03. The lowest BCUT2D eigenvalue weighted by atomic mass is 10.1. The molecule has 0 spiro atoms. The average molecular weight is 310 g/mol. The minimum atomic E-state index is -1.02. The maximum atomic E-state index is 10.8. The highest BCUT2D eigenvalue weighted by Crippen LogP contribution is 2.20. The number of rotatable bonds is 2. The summed E-state index contributed by atoms with van der Waals surface area (Å²) < 4.78 is 1.22. The molecule has 0 fully saturated rings. The molecule has 1 aromatic carbocycles. The molecule has 0 aliphatic rings. The van der Waals surface area contributed by atoms with Crippen LogP contribution in [-0.2, 0) is 0 Å². The van der Waals surface area contributed by atoms with Crippen molar-refractivity contribution in [2.24, 2.45) is 0 Å². The fourth-order valence-electron chi connectivity index (χ4n) is 1.44. The van der Waals surface area contributed by atoms with E-state index in [1.807, 2.05) is 24.3 Å². The molecule has 2 N–H and O–H groups in total. The SMILES string of the molecule is O=C(O)c1ccc(-c2ccc(Br)cc2)[nH]c1=S. The molecule has 0 saturated carbocycles. The van der Waals surface area contributed by atoms with E-state index in [0.29, 0.717) is 0 Å². The molecule has 5 heteroatoms. The first-order valence-corrected chi connectivity index (χ1v) is 6.00. The predicted octanol–water partition coefficient (Wildman–Crippen LogP) is 3.87. The summed E-state index contributed by atoms with van der Waals surface area (Å²) in [6.45, 7) is 0. The number of benzene rings is 1. The van der Waals surface area contributed by atoms with Gasteiger partial charge in [0.2, 0.25) is 0 Å². The van der Waals surface area contributed by atoms with E-state index < -0.39 is 5.97 Å². The number of aromatic carboxylic acids is 1. The summed E-state index contributed by atoms with van der Waals surface area (Å²) in [4.78, 5) is 13.7. The Kier molecular flexibility index (Phi) is 3.40. The molecule has 0 radical (unpaired) electrons. The Balaban J connectivity index is 2.48. The molecule has 0 atom stereocenters. The lowest BCUT2D eigenvalue weighted by molar-refractivity contribution is 0.0696. The smallest absolute Gasteiger partial charge is 0.338 e. The molecule has 17 heavy (non-hydrogen) atoms. The van der Waals surface area contributed by atoms with Crippen LogP contribution in [0.5, 0.6) is 0 Å². The van der Waals surface area contributed by atoms with Crippen molar-refractivity contribution in [2.45, 2.75) is 0 Å². The largest absolute Gasteiger partial charge is 0.478 e. The van der Waals surface area contributed by atoms with Crippen LogP contribution in [0.2, 0.25) is 0 Å². The number of aromatic amines is 1.